The van der Waals surface area contributed by atoms with Crippen LogP contribution >= 0.6 is 0 Å². The van der Waals surface area contributed by atoms with Gasteiger partial charge < -0.3 is 5.11 Å². The van der Waals surface area contributed by atoms with E-state index < -0.39 is 17.3 Å². The van der Waals surface area contributed by atoms with Gasteiger partial charge in [0.05, 0.1) is 11.3 Å². The van der Waals surface area contributed by atoms with Crippen LogP contribution in [0, 0.1) is 6.92 Å². The maximum absolute atomic E-state index is 11.5. The molecule has 0 aliphatic rings. The smallest absolute Gasteiger partial charge is 0.349 e. The topological polar surface area (TPSA) is 108 Å². The molecule has 1 aromatic heterocycles. The number of aromatic nitrogens is 3. The molecule has 0 spiro atoms. The predicted molar refractivity (Wildman–Crippen MR) is 58.7 cm³/mol. The van der Waals surface area contributed by atoms with Crippen molar-refractivity contribution < 1.29 is 9.90 Å². The summed E-state index contributed by atoms with van der Waals surface area (Å²) in [6.45, 7) is 1.63. The largest absolute Gasteiger partial charge is 0.478 e. The van der Waals surface area contributed by atoms with E-state index in [4.69, 9.17) is 5.11 Å². The van der Waals surface area contributed by atoms with E-state index in [1.54, 1.807) is 19.1 Å². The highest BCUT2D eigenvalue weighted by Crippen LogP contribution is 2.16. The Morgan fingerprint density at radius 1 is 1.24 bits per heavy atom. The van der Waals surface area contributed by atoms with Crippen LogP contribution in [0.2, 0.25) is 0 Å². The Labute approximate surface area is 94.3 Å². The summed E-state index contributed by atoms with van der Waals surface area (Å²) in [7, 11) is 0. The quantitative estimate of drug-likeness (QED) is 0.673. The molecular weight excluding hydrogens is 226 g/mol. The standard InChI is InChI=1S/C10H9N3O4/c1-5-3-2-4-6(8(14)15)7(5)13-9(16)11-12-10(13)17/h2-4H,1H3,(H,11,16)(H,12,17)(H,14,15). The third-order valence-corrected chi connectivity index (χ3v) is 2.37. The SMILES string of the molecule is Cc1cccc(C(=O)O)c1-n1c(=O)[nH][nH]c1=O. The third kappa shape index (κ3) is 1.67. The van der Waals surface area contributed by atoms with E-state index in [-0.39, 0.29) is 11.3 Å². The molecule has 0 saturated heterocycles. The summed E-state index contributed by atoms with van der Waals surface area (Å²) in [5.41, 5.74) is -0.902. The highest BCUT2D eigenvalue weighted by Gasteiger charge is 2.17. The molecule has 0 saturated carbocycles. The minimum atomic E-state index is -1.20. The second-order valence-electron chi connectivity index (χ2n) is 3.47. The molecule has 7 nitrogen and oxygen atoms in total. The van der Waals surface area contributed by atoms with Gasteiger partial charge in [-0.3, -0.25) is 0 Å². The summed E-state index contributed by atoms with van der Waals surface area (Å²) in [4.78, 5) is 34.0. The van der Waals surface area contributed by atoms with Crippen LogP contribution in [-0.4, -0.2) is 25.8 Å². The van der Waals surface area contributed by atoms with Gasteiger partial charge in [0.25, 0.3) is 0 Å². The Balaban J connectivity index is 2.89. The Morgan fingerprint density at radius 2 is 1.82 bits per heavy atom. The van der Waals surface area contributed by atoms with Gasteiger partial charge in [-0.2, -0.15) is 0 Å². The summed E-state index contributed by atoms with van der Waals surface area (Å²) >= 11 is 0. The van der Waals surface area contributed by atoms with Crippen molar-refractivity contribution in [2.24, 2.45) is 0 Å². The minimum absolute atomic E-state index is 0.0764. The molecule has 0 unspecified atom stereocenters. The van der Waals surface area contributed by atoms with Crippen LogP contribution in [0.3, 0.4) is 0 Å². The summed E-state index contributed by atoms with van der Waals surface area (Å²) in [6.07, 6.45) is 0. The van der Waals surface area contributed by atoms with E-state index in [1.165, 1.54) is 6.07 Å². The van der Waals surface area contributed by atoms with Gasteiger partial charge in [-0.05, 0) is 18.6 Å². The number of rotatable bonds is 2. The average molecular weight is 235 g/mol. The van der Waals surface area contributed by atoms with Gasteiger partial charge in [-0.25, -0.2) is 29.1 Å². The zero-order valence-electron chi connectivity index (χ0n) is 8.85. The number of para-hydroxylation sites is 1. The van der Waals surface area contributed by atoms with Crippen molar-refractivity contribution >= 4 is 5.97 Å². The lowest BCUT2D eigenvalue weighted by Gasteiger charge is -2.07. The number of aryl methyl sites for hydroxylation is 1. The number of nitrogens with zero attached hydrogens (tertiary/aromatic N) is 1. The summed E-state index contributed by atoms with van der Waals surface area (Å²) in [5, 5.41) is 13.2. The zero-order valence-corrected chi connectivity index (χ0v) is 8.85. The molecule has 7 heteroatoms. The molecule has 88 valence electrons. The number of carboxylic acids is 1. The van der Waals surface area contributed by atoms with Crippen molar-refractivity contribution in [3.63, 3.8) is 0 Å². The Kier molecular flexibility index (Phi) is 2.43. The molecular formula is C10H9N3O4. The van der Waals surface area contributed by atoms with Crippen LogP contribution in [0.15, 0.2) is 27.8 Å². The Morgan fingerprint density at radius 3 is 2.35 bits per heavy atom. The van der Waals surface area contributed by atoms with Crippen molar-refractivity contribution in [3.8, 4) is 5.69 Å². The molecule has 0 amide bonds. The predicted octanol–water partition coefficient (Wildman–Crippen LogP) is -0.139. The highest BCUT2D eigenvalue weighted by molar-refractivity contribution is 5.92. The minimum Gasteiger partial charge on any atom is -0.478 e. The van der Waals surface area contributed by atoms with E-state index in [1.807, 2.05) is 0 Å². The van der Waals surface area contributed by atoms with Crippen molar-refractivity contribution in [2.45, 2.75) is 6.92 Å². The molecule has 3 N–H and O–H groups in total. The molecule has 0 aliphatic carbocycles. The van der Waals surface area contributed by atoms with Crippen LogP contribution in [0.4, 0.5) is 0 Å². The van der Waals surface area contributed by atoms with E-state index in [2.05, 4.69) is 10.2 Å². The van der Waals surface area contributed by atoms with Crippen molar-refractivity contribution in [1.82, 2.24) is 14.8 Å². The lowest BCUT2D eigenvalue weighted by Crippen LogP contribution is -2.27. The second-order valence-corrected chi connectivity index (χ2v) is 3.47. The Bertz CT molecular complexity index is 665. The number of hydrogen-bond donors (Lipinski definition) is 3. The van der Waals surface area contributed by atoms with Gasteiger partial charge in [0.1, 0.15) is 0 Å². The molecule has 17 heavy (non-hydrogen) atoms. The number of aromatic carboxylic acids is 1. The second kappa shape index (κ2) is 3.78. The van der Waals surface area contributed by atoms with Crippen molar-refractivity contribution in [3.05, 3.63) is 50.3 Å². The maximum Gasteiger partial charge on any atom is 0.349 e. The van der Waals surface area contributed by atoms with Crippen molar-refractivity contribution in [2.75, 3.05) is 0 Å². The molecule has 0 aliphatic heterocycles. The summed E-state index contributed by atoms with van der Waals surface area (Å²) in [5.74, 6) is -1.20. The summed E-state index contributed by atoms with van der Waals surface area (Å²) in [6, 6.07) is 4.51. The fraction of sp³-hybridized carbons (Fsp3) is 0.100. The lowest BCUT2D eigenvalue weighted by atomic mass is 10.1. The zero-order chi connectivity index (χ0) is 12.6. The first kappa shape index (κ1) is 10.9. The number of carboxylic acid groups (broad SMARTS) is 1. The van der Waals surface area contributed by atoms with Crippen LogP contribution in [0.1, 0.15) is 15.9 Å². The molecule has 0 atom stereocenters. The van der Waals surface area contributed by atoms with E-state index in [0.717, 1.165) is 4.57 Å². The van der Waals surface area contributed by atoms with E-state index in [9.17, 15) is 14.4 Å². The first-order chi connectivity index (χ1) is 8.02. The highest BCUT2D eigenvalue weighted by atomic mass is 16.4. The first-order valence-electron chi connectivity index (χ1n) is 4.75. The van der Waals surface area contributed by atoms with Crippen LogP contribution < -0.4 is 11.4 Å². The lowest BCUT2D eigenvalue weighted by molar-refractivity contribution is 0.0696. The number of hydrogen-bond acceptors (Lipinski definition) is 3. The molecule has 0 radical (unpaired) electrons. The fourth-order valence-electron chi connectivity index (χ4n) is 1.64. The van der Waals surface area contributed by atoms with E-state index in [0.29, 0.717) is 5.56 Å². The summed E-state index contributed by atoms with van der Waals surface area (Å²) < 4.78 is 0.763. The van der Waals surface area contributed by atoms with Gasteiger partial charge in [0.2, 0.25) is 0 Å². The number of carbonyl (C=O) groups is 1. The number of benzene rings is 1. The third-order valence-electron chi connectivity index (χ3n) is 2.37. The Hall–Kier alpha value is -2.57. The monoisotopic (exact) mass is 235 g/mol. The number of H-pyrrole nitrogens is 2. The number of aromatic amines is 2. The van der Waals surface area contributed by atoms with Gasteiger partial charge in [-0.15, -0.1) is 0 Å². The van der Waals surface area contributed by atoms with Crippen molar-refractivity contribution in [1.29, 1.82) is 0 Å². The molecule has 2 rings (SSSR count). The van der Waals surface area contributed by atoms with E-state index >= 15 is 0 Å². The number of nitrogens with one attached hydrogen (secondary N) is 2. The molecule has 1 heterocycles. The van der Waals surface area contributed by atoms with Crippen LogP contribution in [-0.2, 0) is 0 Å². The van der Waals surface area contributed by atoms with Crippen LogP contribution in [0.5, 0.6) is 0 Å². The molecule has 0 bridgehead atoms. The normalized spacial score (nSPS) is 10.4. The fourth-order valence-corrected chi connectivity index (χ4v) is 1.64. The van der Waals surface area contributed by atoms with Gasteiger partial charge in [0, 0.05) is 0 Å². The van der Waals surface area contributed by atoms with Gasteiger partial charge in [-0.1, -0.05) is 12.1 Å². The molecule has 0 fully saturated rings. The van der Waals surface area contributed by atoms with Crippen LogP contribution in [0.25, 0.3) is 5.69 Å². The first-order valence-corrected chi connectivity index (χ1v) is 4.75. The molecule has 1 aromatic carbocycles. The maximum atomic E-state index is 11.5. The average Bonchev–Trinajstić information content (AvgIpc) is 2.59. The van der Waals surface area contributed by atoms with Gasteiger partial charge in [0.15, 0.2) is 0 Å². The van der Waals surface area contributed by atoms with Gasteiger partial charge >= 0.3 is 17.3 Å². The molecule has 2 aromatic rings.